The lowest BCUT2D eigenvalue weighted by molar-refractivity contribution is -0.133. The van der Waals surface area contributed by atoms with Gasteiger partial charge in [-0.25, -0.2) is 0 Å². The maximum absolute atomic E-state index is 13.0. The molecule has 224 valence electrons. The van der Waals surface area contributed by atoms with Gasteiger partial charge >= 0.3 is 6.01 Å². The van der Waals surface area contributed by atoms with Crippen LogP contribution in [-0.4, -0.2) is 102 Å². The Morgan fingerprint density at radius 2 is 2.05 bits per heavy atom. The Kier molecular flexibility index (Phi) is 7.67. The van der Waals surface area contributed by atoms with Crippen LogP contribution in [0.5, 0.6) is 6.01 Å². The summed E-state index contributed by atoms with van der Waals surface area (Å²) in [6.45, 7) is 5.39. The molecule has 0 unspecified atom stereocenters. The van der Waals surface area contributed by atoms with E-state index in [4.69, 9.17) is 26.3 Å². The van der Waals surface area contributed by atoms with Gasteiger partial charge in [0.25, 0.3) is 0 Å². The smallest absolute Gasteiger partial charge is 0.318 e. The second-order valence-corrected chi connectivity index (χ2v) is 12.4. The fourth-order valence-corrected chi connectivity index (χ4v) is 7.02. The molecule has 0 radical (unpaired) electrons. The fourth-order valence-electron chi connectivity index (χ4n) is 6.74. The number of rotatable bonds is 7. The Labute approximate surface area is 256 Å². The summed E-state index contributed by atoms with van der Waals surface area (Å²) in [7, 11) is 2.13. The molecular weight excluding hydrogens is 566 g/mol. The summed E-state index contributed by atoms with van der Waals surface area (Å²) in [5.74, 6) is 0.945. The number of likely N-dealkylation sites (N-methyl/N-ethyl adjacent to an activating group) is 1. The van der Waals surface area contributed by atoms with E-state index in [1.54, 1.807) is 0 Å². The van der Waals surface area contributed by atoms with Crippen LogP contribution in [0.4, 0.5) is 11.5 Å². The first-order valence-electron chi connectivity index (χ1n) is 15.2. The Balaban J connectivity index is 1.21. The summed E-state index contributed by atoms with van der Waals surface area (Å²) in [6, 6.07) is 8.60. The van der Waals surface area contributed by atoms with Gasteiger partial charge in [0.15, 0.2) is 0 Å². The highest BCUT2D eigenvalue weighted by molar-refractivity contribution is 6.36. The number of amides is 1. The average Bonchev–Trinajstić information content (AvgIpc) is 3.80. The Morgan fingerprint density at radius 1 is 1.16 bits per heavy atom. The van der Waals surface area contributed by atoms with Crippen LogP contribution < -0.4 is 19.9 Å². The van der Waals surface area contributed by atoms with Gasteiger partial charge in [0.1, 0.15) is 12.4 Å². The van der Waals surface area contributed by atoms with Crippen LogP contribution in [0.2, 0.25) is 5.02 Å². The van der Waals surface area contributed by atoms with Gasteiger partial charge in [-0.15, -0.1) is 0 Å². The molecule has 0 aliphatic carbocycles. The predicted molar refractivity (Wildman–Crippen MR) is 164 cm³/mol. The number of fused-ring (bicyclic) bond motifs is 2. The first-order chi connectivity index (χ1) is 21.0. The lowest BCUT2D eigenvalue weighted by Gasteiger charge is -2.42. The number of halogens is 1. The average molecular weight is 602 g/mol. The molecule has 43 heavy (non-hydrogen) atoms. The number of anilines is 2. The number of aromatic nitrogens is 3. The van der Waals surface area contributed by atoms with Crippen molar-refractivity contribution in [2.75, 3.05) is 62.7 Å². The van der Waals surface area contributed by atoms with Gasteiger partial charge in [-0.2, -0.15) is 15.2 Å². The lowest BCUT2D eigenvalue weighted by Crippen LogP contribution is -2.57. The van der Waals surface area contributed by atoms with E-state index in [2.05, 4.69) is 38.1 Å². The zero-order valence-corrected chi connectivity index (χ0v) is 25.1. The zero-order chi connectivity index (χ0) is 29.5. The third-order valence-electron chi connectivity index (χ3n) is 9.25. The molecule has 11 nitrogen and oxygen atoms in total. The van der Waals surface area contributed by atoms with Crippen LogP contribution >= 0.6 is 11.6 Å². The SMILES string of the molecule is CN1CCC[C@H]1COc1nc2c(c(N3CCN(C(=O)[C@H]4CN4)[C@@H](CC#N)C3)n1)CCN(c1cncc3cccc(Cl)c13)C2. The molecule has 4 aliphatic heterocycles. The van der Waals surface area contributed by atoms with Gasteiger partial charge in [0.05, 0.1) is 53.7 Å². The molecule has 12 heteroatoms. The summed E-state index contributed by atoms with van der Waals surface area (Å²) in [5, 5.41) is 15.4. The van der Waals surface area contributed by atoms with E-state index < -0.39 is 0 Å². The number of ether oxygens (including phenoxy) is 1. The number of pyridine rings is 1. The monoisotopic (exact) mass is 601 g/mol. The first-order valence-corrected chi connectivity index (χ1v) is 15.5. The molecule has 3 aromatic rings. The van der Waals surface area contributed by atoms with E-state index in [0.717, 1.165) is 65.9 Å². The number of piperazine rings is 1. The van der Waals surface area contributed by atoms with E-state index in [9.17, 15) is 10.1 Å². The minimum atomic E-state index is -0.195. The van der Waals surface area contributed by atoms with Gasteiger partial charge in [0.2, 0.25) is 5.91 Å². The van der Waals surface area contributed by atoms with E-state index in [0.29, 0.717) is 56.4 Å². The molecule has 1 amide bonds. The van der Waals surface area contributed by atoms with Gasteiger partial charge in [-0.1, -0.05) is 23.7 Å². The van der Waals surface area contributed by atoms with E-state index in [1.807, 2.05) is 35.5 Å². The van der Waals surface area contributed by atoms with Crippen molar-refractivity contribution in [2.24, 2.45) is 0 Å². The topological polar surface area (TPSA) is 124 Å². The molecule has 0 saturated carbocycles. The molecule has 3 atom stereocenters. The van der Waals surface area contributed by atoms with Crippen LogP contribution in [0.25, 0.3) is 10.8 Å². The Morgan fingerprint density at radius 3 is 2.84 bits per heavy atom. The molecule has 3 fully saturated rings. The predicted octanol–water partition coefficient (Wildman–Crippen LogP) is 2.62. The highest BCUT2D eigenvalue weighted by atomic mass is 35.5. The second kappa shape index (κ2) is 11.8. The standard InChI is InChI=1S/C31H36ClN9O2/c1-38-10-3-5-22(38)19-43-31-36-26-18-39(27-16-34-14-20-4-2-6-24(32)28(20)27)11-8-23(26)29(37-31)40-12-13-41(21(17-40)7-9-33)30(42)25-15-35-25/h2,4,6,14,16,21-22,25,35H,3,5,7-8,10-13,15,17-19H2,1H3/t21-,22-,25+/m0/s1. The molecule has 3 saturated heterocycles. The van der Waals surface area contributed by atoms with Crippen molar-refractivity contribution >= 4 is 39.8 Å². The number of nitrogens with zero attached hydrogens (tertiary/aromatic N) is 8. The number of hydrogen-bond acceptors (Lipinski definition) is 10. The van der Waals surface area contributed by atoms with Gasteiger partial charge in [0, 0.05) is 61.3 Å². The third-order valence-corrected chi connectivity index (χ3v) is 9.57. The van der Waals surface area contributed by atoms with Crippen LogP contribution in [0.15, 0.2) is 30.6 Å². The summed E-state index contributed by atoms with van der Waals surface area (Å²) in [6.07, 6.45) is 7.01. The Hall–Kier alpha value is -3.72. The van der Waals surface area contributed by atoms with Gasteiger partial charge in [-0.3, -0.25) is 9.78 Å². The summed E-state index contributed by atoms with van der Waals surface area (Å²) in [4.78, 5) is 36.2. The number of nitrogens with one attached hydrogen (secondary N) is 1. The Bertz CT molecular complexity index is 1570. The van der Waals surface area contributed by atoms with Crippen molar-refractivity contribution < 1.29 is 9.53 Å². The number of carbonyl (C=O) groups is 1. The van der Waals surface area contributed by atoms with Gasteiger partial charge in [-0.05, 0) is 38.9 Å². The van der Waals surface area contributed by atoms with Gasteiger partial charge < -0.3 is 29.7 Å². The molecule has 1 aromatic carbocycles. The zero-order valence-electron chi connectivity index (χ0n) is 24.4. The van der Waals surface area contributed by atoms with E-state index in [-0.39, 0.29) is 24.4 Å². The van der Waals surface area contributed by atoms with E-state index >= 15 is 0 Å². The van der Waals surface area contributed by atoms with Crippen LogP contribution in [-0.2, 0) is 17.8 Å². The lowest BCUT2D eigenvalue weighted by atomic mass is 10.0. The molecule has 0 bridgehead atoms. The minimum Gasteiger partial charge on any atom is -0.462 e. The van der Waals surface area contributed by atoms with E-state index in [1.165, 1.54) is 0 Å². The maximum atomic E-state index is 13.0. The molecular formula is C31H36ClN9O2. The molecule has 6 heterocycles. The third kappa shape index (κ3) is 5.55. The maximum Gasteiger partial charge on any atom is 0.318 e. The van der Waals surface area contributed by atoms with Crippen molar-refractivity contribution in [3.8, 4) is 12.1 Å². The van der Waals surface area contributed by atoms with Crippen molar-refractivity contribution in [2.45, 2.75) is 50.4 Å². The van der Waals surface area contributed by atoms with Crippen molar-refractivity contribution in [1.82, 2.24) is 30.1 Å². The molecule has 7 rings (SSSR count). The molecule has 0 spiro atoms. The van der Waals surface area contributed by atoms with Crippen LogP contribution in [0.1, 0.15) is 30.5 Å². The summed E-state index contributed by atoms with van der Waals surface area (Å²) < 4.78 is 6.29. The number of benzene rings is 1. The number of likely N-dealkylation sites (tertiary alicyclic amines) is 1. The van der Waals surface area contributed by atoms with Crippen molar-refractivity contribution in [3.63, 3.8) is 0 Å². The largest absolute Gasteiger partial charge is 0.462 e. The minimum absolute atomic E-state index is 0.0901. The van der Waals surface area contributed by atoms with Crippen molar-refractivity contribution in [3.05, 3.63) is 46.9 Å². The fraction of sp³-hybridized carbons (Fsp3) is 0.516. The number of nitriles is 1. The molecule has 1 N–H and O–H groups in total. The van der Waals surface area contributed by atoms with Crippen molar-refractivity contribution in [1.29, 1.82) is 5.26 Å². The first kappa shape index (κ1) is 28.1. The number of carbonyl (C=O) groups excluding carboxylic acids is 1. The highest BCUT2D eigenvalue weighted by Crippen LogP contribution is 2.37. The number of hydrogen-bond donors (Lipinski definition) is 1. The van der Waals surface area contributed by atoms with Crippen LogP contribution in [0, 0.1) is 11.3 Å². The second-order valence-electron chi connectivity index (χ2n) is 12.0. The molecule has 2 aromatic heterocycles. The summed E-state index contributed by atoms with van der Waals surface area (Å²) in [5.41, 5.74) is 3.01. The highest BCUT2D eigenvalue weighted by Gasteiger charge is 2.39. The summed E-state index contributed by atoms with van der Waals surface area (Å²) >= 11 is 6.68. The quantitative estimate of drug-likeness (QED) is 0.404. The normalized spacial score (nSPS) is 23.7. The van der Waals surface area contributed by atoms with Crippen LogP contribution in [0.3, 0.4) is 0 Å². The molecule has 4 aliphatic rings.